The maximum Gasteiger partial charge on any atom is 0.255 e. The van der Waals surface area contributed by atoms with E-state index in [2.05, 4.69) is 20.6 Å². The molecule has 112 valence electrons. The van der Waals surface area contributed by atoms with Crippen LogP contribution < -0.4 is 0 Å². The Morgan fingerprint density at radius 2 is 2.36 bits per heavy atom. The Bertz CT molecular complexity index is 764. The number of carbonyl (C=O) groups is 1. The van der Waals surface area contributed by atoms with Crippen LogP contribution in [0.1, 0.15) is 22.3 Å². The van der Waals surface area contributed by atoms with Crippen molar-refractivity contribution < 1.29 is 9.53 Å². The van der Waals surface area contributed by atoms with Gasteiger partial charge in [-0.3, -0.25) is 4.79 Å². The average molecular weight is 298 g/mol. The Hall–Kier alpha value is -2.74. The van der Waals surface area contributed by atoms with Crippen molar-refractivity contribution in [3.8, 4) is 0 Å². The average Bonchev–Trinajstić information content (AvgIpc) is 3.23. The van der Waals surface area contributed by atoms with E-state index in [1.54, 1.807) is 4.90 Å². The summed E-state index contributed by atoms with van der Waals surface area (Å²) in [6, 6.07) is 7.74. The third kappa shape index (κ3) is 2.23. The molecule has 22 heavy (non-hydrogen) atoms. The number of aromatic amines is 1. The van der Waals surface area contributed by atoms with E-state index >= 15 is 0 Å². The summed E-state index contributed by atoms with van der Waals surface area (Å²) in [6.45, 7) is 1.43. The number of morpholine rings is 1. The van der Waals surface area contributed by atoms with Gasteiger partial charge in [-0.2, -0.15) is 5.21 Å². The second-order valence-corrected chi connectivity index (χ2v) is 5.14. The molecule has 0 aliphatic carbocycles. The Labute approximate surface area is 125 Å². The highest BCUT2D eigenvalue weighted by Gasteiger charge is 2.28. The second kappa shape index (κ2) is 5.23. The monoisotopic (exact) mass is 298 g/mol. The Morgan fingerprint density at radius 3 is 3.18 bits per heavy atom. The van der Waals surface area contributed by atoms with Gasteiger partial charge < -0.3 is 14.0 Å². The van der Waals surface area contributed by atoms with Crippen LogP contribution in [0.25, 0.3) is 5.52 Å². The Balaban J connectivity index is 1.56. The number of aromatic nitrogens is 5. The van der Waals surface area contributed by atoms with Crippen LogP contribution in [0.4, 0.5) is 0 Å². The number of H-pyrrole nitrogens is 1. The standard InChI is InChI=1S/C14H14N6O2/c21-14(10-7-11-3-1-2-4-19(11)8-10)20-5-6-22-12(9-20)13-15-17-18-16-13/h1-4,7-8,12H,5-6,9H2,(H,15,16,17,18). The SMILES string of the molecule is O=C(c1cc2ccccn2c1)N1CCOC(c2nn[nH]n2)C1. The van der Waals surface area contributed by atoms with Gasteiger partial charge in [0.2, 0.25) is 5.82 Å². The van der Waals surface area contributed by atoms with Gasteiger partial charge in [-0.25, -0.2) is 0 Å². The summed E-state index contributed by atoms with van der Waals surface area (Å²) < 4.78 is 7.55. The van der Waals surface area contributed by atoms with Crippen molar-refractivity contribution >= 4 is 11.4 Å². The van der Waals surface area contributed by atoms with Crippen LogP contribution in [-0.4, -0.2) is 55.5 Å². The predicted octanol–water partition coefficient (Wildman–Crippen LogP) is 0.666. The number of nitrogens with one attached hydrogen (secondary N) is 1. The zero-order valence-electron chi connectivity index (χ0n) is 11.7. The first-order valence-electron chi connectivity index (χ1n) is 7.02. The van der Waals surface area contributed by atoms with Crippen LogP contribution in [0, 0.1) is 0 Å². The van der Waals surface area contributed by atoms with Gasteiger partial charge in [0, 0.05) is 24.5 Å². The largest absolute Gasteiger partial charge is 0.366 e. The summed E-state index contributed by atoms with van der Waals surface area (Å²) in [6.07, 6.45) is 3.43. The van der Waals surface area contributed by atoms with E-state index < -0.39 is 0 Å². The minimum Gasteiger partial charge on any atom is -0.366 e. The summed E-state index contributed by atoms with van der Waals surface area (Å²) in [7, 11) is 0. The topological polar surface area (TPSA) is 88.4 Å². The molecule has 1 saturated heterocycles. The molecule has 1 aliphatic rings. The van der Waals surface area contributed by atoms with Gasteiger partial charge in [0.05, 0.1) is 18.7 Å². The molecule has 1 fully saturated rings. The molecule has 3 aromatic rings. The Morgan fingerprint density at radius 1 is 1.41 bits per heavy atom. The lowest BCUT2D eigenvalue weighted by atomic mass is 10.2. The summed E-state index contributed by atoms with van der Waals surface area (Å²) in [4.78, 5) is 14.4. The number of hydrogen-bond acceptors (Lipinski definition) is 5. The minimum atomic E-state index is -0.339. The highest BCUT2D eigenvalue weighted by atomic mass is 16.5. The fourth-order valence-corrected chi connectivity index (χ4v) is 2.65. The molecule has 8 heteroatoms. The quantitative estimate of drug-likeness (QED) is 0.751. The number of tetrazole rings is 1. The molecule has 1 N–H and O–H groups in total. The van der Waals surface area contributed by atoms with E-state index in [1.807, 2.05) is 41.1 Å². The van der Waals surface area contributed by atoms with Crippen molar-refractivity contribution in [1.82, 2.24) is 29.9 Å². The lowest BCUT2D eigenvalue weighted by Gasteiger charge is -2.31. The van der Waals surface area contributed by atoms with Crippen LogP contribution in [0.2, 0.25) is 0 Å². The van der Waals surface area contributed by atoms with Crippen LogP contribution >= 0.6 is 0 Å². The van der Waals surface area contributed by atoms with Gasteiger partial charge in [-0.15, -0.1) is 10.2 Å². The lowest BCUT2D eigenvalue weighted by molar-refractivity contribution is -0.0267. The number of fused-ring (bicyclic) bond motifs is 1. The van der Waals surface area contributed by atoms with E-state index in [-0.39, 0.29) is 12.0 Å². The highest BCUT2D eigenvalue weighted by molar-refractivity contribution is 5.95. The van der Waals surface area contributed by atoms with Crippen LogP contribution in [0.15, 0.2) is 36.7 Å². The first-order chi connectivity index (χ1) is 10.8. The van der Waals surface area contributed by atoms with Crippen molar-refractivity contribution in [1.29, 1.82) is 0 Å². The second-order valence-electron chi connectivity index (χ2n) is 5.14. The van der Waals surface area contributed by atoms with Crippen LogP contribution in [0.5, 0.6) is 0 Å². The molecular formula is C14H14N6O2. The summed E-state index contributed by atoms with van der Waals surface area (Å²) >= 11 is 0. The molecule has 1 unspecified atom stereocenters. The van der Waals surface area contributed by atoms with E-state index in [9.17, 15) is 4.79 Å². The molecule has 3 aromatic heterocycles. The predicted molar refractivity (Wildman–Crippen MR) is 76.2 cm³/mol. The molecule has 0 aromatic carbocycles. The van der Waals surface area contributed by atoms with Crippen molar-refractivity contribution in [3.05, 3.63) is 48.0 Å². The normalized spacial score (nSPS) is 18.7. The number of ether oxygens (including phenoxy) is 1. The molecule has 1 amide bonds. The maximum atomic E-state index is 12.7. The first kappa shape index (κ1) is 13.0. The molecule has 1 aliphatic heterocycles. The van der Waals surface area contributed by atoms with Gasteiger partial charge in [-0.05, 0) is 18.2 Å². The van der Waals surface area contributed by atoms with E-state index in [1.165, 1.54) is 0 Å². The number of carbonyl (C=O) groups excluding carboxylic acids is 1. The molecule has 1 atom stereocenters. The van der Waals surface area contributed by atoms with Crippen molar-refractivity contribution in [3.63, 3.8) is 0 Å². The minimum absolute atomic E-state index is 0.0134. The van der Waals surface area contributed by atoms with Gasteiger partial charge in [0.1, 0.15) is 6.10 Å². The van der Waals surface area contributed by atoms with E-state index in [0.717, 1.165) is 5.52 Å². The number of pyridine rings is 1. The molecular weight excluding hydrogens is 284 g/mol. The van der Waals surface area contributed by atoms with Gasteiger partial charge >= 0.3 is 0 Å². The van der Waals surface area contributed by atoms with Crippen LogP contribution in [0.3, 0.4) is 0 Å². The molecule has 0 bridgehead atoms. The van der Waals surface area contributed by atoms with Crippen molar-refractivity contribution in [2.24, 2.45) is 0 Å². The van der Waals surface area contributed by atoms with Gasteiger partial charge in [0.15, 0.2) is 0 Å². The summed E-state index contributed by atoms with van der Waals surface area (Å²) in [5.41, 5.74) is 1.66. The van der Waals surface area contributed by atoms with Crippen molar-refractivity contribution in [2.75, 3.05) is 19.7 Å². The van der Waals surface area contributed by atoms with E-state index in [0.29, 0.717) is 31.1 Å². The zero-order chi connectivity index (χ0) is 14.9. The van der Waals surface area contributed by atoms with Gasteiger partial charge in [-0.1, -0.05) is 11.3 Å². The molecule has 4 heterocycles. The zero-order valence-corrected chi connectivity index (χ0v) is 11.7. The third-order valence-electron chi connectivity index (χ3n) is 3.75. The third-order valence-corrected chi connectivity index (χ3v) is 3.75. The lowest BCUT2D eigenvalue weighted by Crippen LogP contribution is -2.42. The fourth-order valence-electron chi connectivity index (χ4n) is 2.65. The van der Waals surface area contributed by atoms with Crippen LogP contribution in [-0.2, 0) is 4.74 Å². The smallest absolute Gasteiger partial charge is 0.255 e. The fraction of sp³-hybridized carbons (Fsp3) is 0.286. The molecule has 0 spiro atoms. The number of rotatable bonds is 2. The number of amides is 1. The number of hydrogen-bond donors (Lipinski definition) is 1. The maximum absolute atomic E-state index is 12.7. The molecule has 0 radical (unpaired) electrons. The molecule has 0 saturated carbocycles. The van der Waals surface area contributed by atoms with Crippen molar-refractivity contribution in [2.45, 2.75) is 6.10 Å². The Kier molecular flexibility index (Phi) is 3.08. The summed E-state index contributed by atoms with van der Waals surface area (Å²) in [5.74, 6) is 0.458. The number of nitrogens with zero attached hydrogens (tertiary/aromatic N) is 5. The van der Waals surface area contributed by atoms with Gasteiger partial charge in [0.25, 0.3) is 5.91 Å². The highest BCUT2D eigenvalue weighted by Crippen LogP contribution is 2.20. The summed E-state index contributed by atoms with van der Waals surface area (Å²) in [5, 5.41) is 13.8. The molecule has 8 nitrogen and oxygen atoms in total. The molecule has 4 rings (SSSR count). The van der Waals surface area contributed by atoms with E-state index in [4.69, 9.17) is 4.74 Å². The first-order valence-corrected chi connectivity index (χ1v) is 7.02.